The minimum absolute atomic E-state index is 0.178. The minimum Gasteiger partial charge on any atom is -0.497 e. The standard InChI is InChI=1S/C17H22N4O4S/c1-5-8-21-15(10-23-2)19-20-17(21)26-11-16(22)18-13-7-6-12(24-3)9-14(13)25-4/h5-7,9H,1,8,10-11H2,2-4H3,(H,18,22). The second kappa shape index (κ2) is 9.83. The molecule has 0 atom stereocenters. The number of anilines is 1. The zero-order chi connectivity index (χ0) is 18.9. The SMILES string of the molecule is C=CCn1c(COC)nnc1SCC(=O)Nc1ccc(OC)cc1OC. The van der Waals surface area contributed by atoms with Gasteiger partial charge in [0, 0.05) is 19.7 Å². The van der Waals surface area contributed by atoms with Crippen LogP contribution >= 0.6 is 11.8 Å². The highest BCUT2D eigenvalue weighted by molar-refractivity contribution is 7.99. The molecule has 0 bridgehead atoms. The van der Waals surface area contributed by atoms with Crippen molar-refractivity contribution in [2.24, 2.45) is 0 Å². The van der Waals surface area contributed by atoms with Crippen LogP contribution in [-0.2, 0) is 22.7 Å². The summed E-state index contributed by atoms with van der Waals surface area (Å²) in [4.78, 5) is 12.3. The molecule has 1 amide bonds. The van der Waals surface area contributed by atoms with Crippen LogP contribution in [0.25, 0.3) is 0 Å². The number of carbonyl (C=O) groups excluding carboxylic acids is 1. The molecule has 0 unspecified atom stereocenters. The molecule has 0 aliphatic carbocycles. The summed E-state index contributed by atoms with van der Waals surface area (Å²) in [6.45, 7) is 4.62. The van der Waals surface area contributed by atoms with Gasteiger partial charge in [-0.25, -0.2) is 0 Å². The fourth-order valence-corrected chi connectivity index (χ4v) is 2.96. The van der Waals surface area contributed by atoms with Crippen molar-refractivity contribution >= 4 is 23.4 Å². The van der Waals surface area contributed by atoms with E-state index in [1.807, 2.05) is 4.57 Å². The van der Waals surface area contributed by atoms with Gasteiger partial charge in [-0.15, -0.1) is 16.8 Å². The number of amides is 1. The van der Waals surface area contributed by atoms with E-state index in [4.69, 9.17) is 14.2 Å². The molecule has 0 radical (unpaired) electrons. The minimum atomic E-state index is -0.181. The first-order valence-electron chi connectivity index (χ1n) is 7.79. The van der Waals surface area contributed by atoms with E-state index in [1.54, 1.807) is 38.5 Å². The number of methoxy groups -OCH3 is 3. The van der Waals surface area contributed by atoms with Crippen LogP contribution in [0.5, 0.6) is 11.5 Å². The Morgan fingerprint density at radius 3 is 2.77 bits per heavy atom. The largest absolute Gasteiger partial charge is 0.497 e. The molecule has 0 saturated heterocycles. The van der Waals surface area contributed by atoms with Crippen molar-refractivity contribution in [3.63, 3.8) is 0 Å². The maximum Gasteiger partial charge on any atom is 0.234 e. The van der Waals surface area contributed by atoms with Gasteiger partial charge < -0.3 is 24.1 Å². The van der Waals surface area contributed by atoms with E-state index in [-0.39, 0.29) is 11.7 Å². The van der Waals surface area contributed by atoms with Gasteiger partial charge in [0.25, 0.3) is 0 Å². The molecule has 9 heteroatoms. The zero-order valence-electron chi connectivity index (χ0n) is 15.0. The lowest BCUT2D eigenvalue weighted by Gasteiger charge is -2.11. The average molecular weight is 378 g/mol. The molecule has 0 aliphatic rings. The van der Waals surface area contributed by atoms with Gasteiger partial charge in [-0.2, -0.15) is 0 Å². The Labute approximate surface area is 156 Å². The number of rotatable bonds is 10. The molecule has 1 heterocycles. The summed E-state index contributed by atoms with van der Waals surface area (Å²) in [6, 6.07) is 5.20. The third-order valence-corrected chi connectivity index (χ3v) is 4.36. The summed E-state index contributed by atoms with van der Waals surface area (Å²) in [5, 5.41) is 11.7. The smallest absolute Gasteiger partial charge is 0.234 e. The number of nitrogens with zero attached hydrogens (tertiary/aromatic N) is 3. The number of ether oxygens (including phenoxy) is 3. The second-order valence-corrected chi connectivity index (χ2v) is 6.08. The van der Waals surface area contributed by atoms with Crippen LogP contribution in [0.1, 0.15) is 5.82 Å². The molecule has 140 valence electrons. The van der Waals surface area contributed by atoms with E-state index in [1.165, 1.54) is 18.9 Å². The first-order chi connectivity index (χ1) is 12.6. The van der Waals surface area contributed by atoms with Crippen LogP contribution < -0.4 is 14.8 Å². The van der Waals surface area contributed by atoms with E-state index in [0.717, 1.165) is 0 Å². The highest BCUT2D eigenvalue weighted by Crippen LogP contribution is 2.29. The fraction of sp³-hybridized carbons (Fsp3) is 0.353. The van der Waals surface area contributed by atoms with Gasteiger partial charge in [-0.1, -0.05) is 17.8 Å². The molecule has 2 rings (SSSR count). The molecule has 0 fully saturated rings. The first-order valence-corrected chi connectivity index (χ1v) is 8.78. The Bertz CT molecular complexity index is 763. The Balaban J connectivity index is 2.02. The van der Waals surface area contributed by atoms with Crippen LogP contribution in [-0.4, -0.2) is 47.8 Å². The number of hydrogen-bond donors (Lipinski definition) is 1. The van der Waals surface area contributed by atoms with Gasteiger partial charge in [0.2, 0.25) is 5.91 Å². The lowest BCUT2D eigenvalue weighted by Crippen LogP contribution is -2.15. The number of allylic oxidation sites excluding steroid dienone is 1. The number of carbonyl (C=O) groups is 1. The van der Waals surface area contributed by atoms with Gasteiger partial charge in [-0.3, -0.25) is 4.79 Å². The highest BCUT2D eigenvalue weighted by atomic mass is 32.2. The summed E-state index contributed by atoms with van der Waals surface area (Å²) in [5.41, 5.74) is 0.575. The van der Waals surface area contributed by atoms with Gasteiger partial charge in [0.15, 0.2) is 11.0 Å². The van der Waals surface area contributed by atoms with Gasteiger partial charge in [-0.05, 0) is 12.1 Å². The van der Waals surface area contributed by atoms with E-state index in [9.17, 15) is 4.79 Å². The van der Waals surface area contributed by atoms with Gasteiger partial charge >= 0.3 is 0 Å². The maximum atomic E-state index is 12.3. The topological polar surface area (TPSA) is 87.5 Å². The lowest BCUT2D eigenvalue weighted by atomic mass is 10.2. The Morgan fingerprint density at radius 1 is 1.31 bits per heavy atom. The van der Waals surface area contributed by atoms with Crippen molar-refractivity contribution in [3.05, 3.63) is 36.7 Å². The normalized spacial score (nSPS) is 10.4. The molecule has 0 saturated carbocycles. The molecule has 0 spiro atoms. The van der Waals surface area contributed by atoms with Crippen molar-refractivity contribution in [2.45, 2.75) is 18.3 Å². The third-order valence-electron chi connectivity index (χ3n) is 3.39. The molecule has 1 aromatic heterocycles. The molecule has 1 aromatic carbocycles. The van der Waals surface area contributed by atoms with Crippen LogP contribution in [0.4, 0.5) is 5.69 Å². The van der Waals surface area contributed by atoms with Gasteiger partial charge in [0.05, 0.1) is 25.7 Å². The summed E-state index contributed by atoms with van der Waals surface area (Å²) >= 11 is 1.29. The molecule has 8 nitrogen and oxygen atoms in total. The summed E-state index contributed by atoms with van der Waals surface area (Å²) in [5.74, 6) is 1.86. The Morgan fingerprint density at radius 2 is 2.12 bits per heavy atom. The predicted octanol–water partition coefficient (Wildman–Crippen LogP) is 2.36. The quantitative estimate of drug-likeness (QED) is 0.501. The van der Waals surface area contributed by atoms with Crippen molar-refractivity contribution in [1.82, 2.24) is 14.8 Å². The highest BCUT2D eigenvalue weighted by Gasteiger charge is 2.14. The first kappa shape index (κ1) is 19.8. The summed E-state index contributed by atoms with van der Waals surface area (Å²) < 4.78 is 17.4. The van der Waals surface area contributed by atoms with Crippen molar-refractivity contribution < 1.29 is 19.0 Å². The maximum absolute atomic E-state index is 12.3. The van der Waals surface area contributed by atoms with E-state index in [0.29, 0.717) is 41.3 Å². The van der Waals surface area contributed by atoms with E-state index >= 15 is 0 Å². The number of benzene rings is 1. The number of nitrogens with one attached hydrogen (secondary N) is 1. The summed E-state index contributed by atoms with van der Waals surface area (Å²) in [7, 11) is 4.70. The number of aromatic nitrogens is 3. The predicted molar refractivity (Wildman–Crippen MR) is 99.8 cm³/mol. The van der Waals surface area contributed by atoms with Gasteiger partial charge in [0.1, 0.15) is 18.1 Å². The monoisotopic (exact) mass is 378 g/mol. The Kier molecular flexibility index (Phi) is 7.49. The van der Waals surface area contributed by atoms with E-state index < -0.39 is 0 Å². The van der Waals surface area contributed by atoms with Crippen LogP contribution in [0.15, 0.2) is 36.0 Å². The second-order valence-electron chi connectivity index (χ2n) is 5.13. The molecular formula is C17H22N4O4S. The fourth-order valence-electron chi connectivity index (χ4n) is 2.19. The zero-order valence-corrected chi connectivity index (χ0v) is 15.8. The van der Waals surface area contributed by atoms with Crippen molar-refractivity contribution in [3.8, 4) is 11.5 Å². The van der Waals surface area contributed by atoms with Crippen LogP contribution in [0, 0.1) is 0 Å². The van der Waals surface area contributed by atoms with Crippen LogP contribution in [0.2, 0.25) is 0 Å². The van der Waals surface area contributed by atoms with Crippen molar-refractivity contribution in [1.29, 1.82) is 0 Å². The average Bonchev–Trinajstić information content (AvgIpc) is 3.03. The molecular weight excluding hydrogens is 356 g/mol. The lowest BCUT2D eigenvalue weighted by molar-refractivity contribution is -0.113. The number of thioether (sulfide) groups is 1. The molecule has 1 N–H and O–H groups in total. The number of hydrogen-bond acceptors (Lipinski definition) is 7. The summed E-state index contributed by atoms with van der Waals surface area (Å²) in [6.07, 6.45) is 1.74. The van der Waals surface area contributed by atoms with E-state index in [2.05, 4.69) is 22.1 Å². The third kappa shape index (κ3) is 4.99. The van der Waals surface area contributed by atoms with Crippen LogP contribution in [0.3, 0.4) is 0 Å². The molecule has 0 aliphatic heterocycles. The Hall–Kier alpha value is -2.52. The molecule has 2 aromatic rings. The molecule has 26 heavy (non-hydrogen) atoms. The van der Waals surface area contributed by atoms with Crippen molar-refractivity contribution in [2.75, 3.05) is 32.4 Å².